The molecule has 2 unspecified atom stereocenters. The van der Waals surface area contributed by atoms with Gasteiger partial charge in [0.15, 0.2) is 0 Å². The fourth-order valence-corrected chi connectivity index (χ4v) is 9.03. The van der Waals surface area contributed by atoms with E-state index in [-0.39, 0.29) is 12.5 Å². The first-order valence-corrected chi connectivity index (χ1v) is 29.4. The van der Waals surface area contributed by atoms with Gasteiger partial charge in [0.1, 0.15) is 0 Å². The zero-order valence-corrected chi connectivity index (χ0v) is 44.0. The summed E-state index contributed by atoms with van der Waals surface area (Å²) in [6.07, 6.45) is 78.7. The second-order valence-electron chi connectivity index (χ2n) is 20.0. The van der Waals surface area contributed by atoms with Gasteiger partial charge in [-0.2, -0.15) is 0 Å². The number of amides is 1. The molecule has 0 rings (SSSR count). The van der Waals surface area contributed by atoms with Crippen LogP contribution in [0.1, 0.15) is 316 Å². The Balaban J connectivity index is 3.47. The number of unbranched alkanes of at least 4 members (excludes halogenated alkanes) is 41. The Morgan fingerprint density at radius 3 is 0.892 bits per heavy atom. The van der Waals surface area contributed by atoms with Crippen molar-refractivity contribution in [2.45, 2.75) is 328 Å². The molecule has 0 fully saturated rings. The maximum Gasteiger partial charge on any atom is 0.220 e. The predicted molar refractivity (Wildman–Crippen MR) is 290 cm³/mol. The van der Waals surface area contributed by atoms with Gasteiger partial charge >= 0.3 is 0 Å². The van der Waals surface area contributed by atoms with Crippen LogP contribution in [0.4, 0.5) is 0 Å². The smallest absolute Gasteiger partial charge is 0.220 e. The molecule has 0 heterocycles. The van der Waals surface area contributed by atoms with E-state index >= 15 is 0 Å². The van der Waals surface area contributed by atoms with Crippen LogP contribution >= 0.6 is 0 Å². The van der Waals surface area contributed by atoms with Gasteiger partial charge in [-0.1, -0.05) is 287 Å². The molecule has 382 valence electrons. The number of nitrogens with one attached hydrogen (secondary N) is 1. The van der Waals surface area contributed by atoms with Gasteiger partial charge in [0.25, 0.3) is 0 Å². The first-order chi connectivity index (χ1) is 32.2. The summed E-state index contributed by atoms with van der Waals surface area (Å²) in [5.41, 5.74) is 0. The lowest BCUT2D eigenvalue weighted by molar-refractivity contribution is -0.123. The number of carbonyl (C=O) groups is 1. The van der Waals surface area contributed by atoms with Gasteiger partial charge < -0.3 is 15.5 Å². The Bertz CT molecular complexity index is 1030. The molecular weight excluding hydrogens is 795 g/mol. The van der Waals surface area contributed by atoms with Crippen LogP contribution in [0.3, 0.4) is 0 Å². The third-order valence-electron chi connectivity index (χ3n) is 13.5. The summed E-state index contributed by atoms with van der Waals surface area (Å²) < 4.78 is 0. The predicted octanol–water partition coefficient (Wildman–Crippen LogP) is 19.4. The number of allylic oxidation sites excluding steroid dienone is 7. The lowest BCUT2D eigenvalue weighted by atomic mass is 10.0. The van der Waals surface area contributed by atoms with Crippen LogP contribution in [0, 0.1) is 0 Å². The van der Waals surface area contributed by atoms with E-state index in [4.69, 9.17) is 0 Å². The van der Waals surface area contributed by atoms with Crippen molar-refractivity contribution in [3.05, 3.63) is 48.6 Å². The molecule has 4 nitrogen and oxygen atoms in total. The number of hydrogen-bond acceptors (Lipinski definition) is 3. The Morgan fingerprint density at radius 1 is 0.354 bits per heavy atom. The molecule has 0 aliphatic carbocycles. The van der Waals surface area contributed by atoms with Crippen LogP contribution in [-0.2, 0) is 4.79 Å². The molecule has 3 N–H and O–H groups in total. The molecule has 0 aromatic rings. The minimum Gasteiger partial charge on any atom is -0.394 e. The van der Waals surface area contributed by atoms with Gasteiger partial charge in [-0.05, 0) is 70.6 Å². The molecule has 0 spiro atoms. The van der Waals surface area contributed by atoms with Gasteiger partial charge in [0, 0.05) is 6.42 Å². The monoisotopic (exact) mass is 910 g/mol. The molecule has 2 atom stereocenters. The molecule has 0 saturated heterocycles. The zero-order valence-electron chi connectivity index (χ0n) is 44.0. The summed E-state index contributed by atoms with van der Waals surface area (Å²) in [5.74, 6) is -0.0741. The van der Waals surface area contributed by atoms with Crippen LogP contribution in [0.25, 0.3) is 0 Å². The van der Waals surface area contributed by atoms with E-state index in [1.807, 2.05) is 6.08 Å². The number of aliphatic hydroxyl groups excluding tert-OH is 2. The highest BCUT2D eigenvalue weighted by molar-refractivity contribution is 5.76. The molecule has 0 bridgehead atoms. The summed E-state index contributed by atoms with van der Waals surface area (Å²) in [7, 11) is 0. The van der Waals surface area contributed by atoms with E-state index in [1.54, 1.807) is 6.08 Å². The second-order valence-corrected chi connectivity index (χ2v) is 20.0. The Morgan fingerprint density at radius 2 is 0.600 bits per heavy atom. The van der Waals surface area contributed by atoms with Gasteiger partial charge in [0.2, 0.25) is 5.91 Å². The van der Waals surface area contributed by atoms with E-state index in [1.165, 1.54) is 257 Å². The summed E-state index contributed by atoms with van der Waals surface area (Å²) in [6, 6.07) is -0.645. The first-order valence-electron chi connectivity index (χ1n) is 29.4. The van der Waals surface area contributed by atoms with Crippen LogP contribution in [0.5, 0.6) is 0 Å². The summed E-state index contributed by atoms with van der Waals surface area (Å²) in [6.45, 7) is 4.31. The molecular formula is C61H115NO3. The number of aliphatic hydroxyl groups is 2. The highest BCUT2D eigenvalue weighted by Gasteiger charge is 2.18. The Kier molecular flexibility index (Phi) is 55.2. The highest BCUT2D eigenvalue weighted by atomic mass is 16.3. The van der Waals surface area contributed by atoms with Crippen molar-refractivity contribution < 1.29 is 15.0 Å². The molecule has 0 aromatic carbocycles. The van der Waals surface area contributed by atoms with E-state index in [2.05, 4.69) is 55.6 Å². The molecule has 0 aromatic heterocycles. The highest BCUT2D eigenvalue weighted by Crippen LogP contribution is 2.17. The minimum atomic E-state index is -0.870. The normalized spacial score (nSPS) is 13.1. The fraction of sp³-hybridized carbons (Fsp3) is 0.852. The zero-order chi connectivity index (χ0) is 47.0. The van der Waals surface area contributed by atoms with Crippen molar-refractivity contribution in [1.82, 2.24) is 5.32 Å². The van der Waals surface area contributed by atoms with Crippen molar-refractivity contribution in [1.29, 1.82) is 0 Å². The van der Waals surface area contributed by atoms with Crippen LogP contribution in [-0.4, -0.2) is 34.9 Å². The van der Waals surface area contributed by atoms with Crippen molar-refractivity contribution >= 4 is 5.91 Å². The molecule has 0 saturated carbocycles. The average molecular weight is 911 g/mol. The standard InChI is InChI=1S/C61H115NO3/c1-3-5-7-9-11-13-15-17-19-21-23-24-25-26-27-28-29-30-31-32-33-34-35-36-37-38-39-41-43-45-47-49-51-53-55-57-61(65)62-59(58-63)60(64)56-54-52-50-48-46-44-42-40-22-20-18-16-14-12-10-8-6-4-2/h22,28-29,40,46,48,54,56,59-60,63-64H,3-21,23-27,30-39,41-45,47,49-53,55,57-58H2,1-2H3,(H,62,65)/b29-28-,40-22+,48-46+,56-54+. The minimum absolute atomic E-state index is 0.0741. The van der Waals surface area contributed by atoms with E-state index < -0.39 is 12.1 Å². The lowest BCUT2D eigenvalue weighted by Gasteiger charge is -2.19. The summed E-state index contributed by atoms with van der Waals surface area (Å²) >= 11 is 0. The maximum atomic E-state index is 12.5. The molecule has 65 heavy (non-hydrogen) atoms. The third kappa shape index (κ3) is 53.2. The van der Waals surface area contributed by atoms with Gasteiger partial charge in [-0.25, -0.2) is 0 Å². The first kappa shape index (κ1) is 63.4. The fourth-order valence-electron chi connectivity index (χ4n) is 9.03. The third-order valence-corrected chi connectivity index (χ3v) is 13.5. The Labute approximate surface area is 407 Å². The van der Waals surface area contributed by atoms with E-state index in [0.717, 1.165) is 38.5 Å². The molecule has 0 radical (unpaired) electrons. The number of hydrogen-bond donors (Lipinski definition) is 3. The SMILES string of the molecule is CCCCCCCCCC/C=C/CC/C=C/CC/C=C/C(O)C(CO)NC(=O)CCCCCCCCCCCCCCCCCCC/C=C\CCCCCCCCCCCCCCCC. The van der Waals surface area contributed by atoms with Crippen molar-refractivity contribution in [2.75, 3.05) is 6.61 Å². The van der Waals surface area contributed by atoms with E-state index in [0.29, 0.717) is 6.42 Å². The van der Waals surface area contributed by atoms with Gasteiger partial charge in [-0.3, -0.25) is 4.79 Å². The van der Waals surface area contributed by atoms with Crippen molar-refractivity contribution in [2.24, 2.45) is 0 Å². The van der Waals surface area contributed by atoms with Crippen LogP contribution < -0.4 is 5.32 Å². The van der Waals surface area contributed by atoms with Gasteiger partial charge in [-0.15, -0.1) is 0 Å². The van der Waals surface area contributed by atoms with Crippen LogP contribution in [0.15, 0.2) is 48.6 Å². The number of rotatable bonds is 54. The quantitative estimate of drug-likeness (QED) is 0.0421. The largest absolute Gasteiger partial charge is 0.394 e. The maximum absolute atomic E-state index is 12.5. The summed E-state index contributed by atoms with van der Waals surface area (Å²) in [5, 5.41) is 23.1. The number of carbonyl (C=O) groups excluding carboxylic acids is 1. The molecule has 4 heteroatoms. The molecule has 0 aliphatic heterocycles. The topological polar surface area (TPSA) is 69.6 Å². The van der Waals surface area contributed by atoms with Crippen molar-refractivity contribution in [3.63, 3.8) is 0 Å². The molecule has 0 aliphatic rings. The second kappa shape index (κ2) is 56.7. The lowest BCUT2D eigenvalue weighted by Crippen LogP contribution is -2.45. The van der Waals surface area contributed by atoms with Crippen LogP contribution in [0.2, 0.25) is 0 Å². The van der Waals surface area contributed by atoms with E-state index in [9.17, 15) is 15.0 Å². The Hall–Kier alpha value is -1.65. The average Bonchev–Trinajstić information content (AvgIpc) is 3.31. The molecule has 1 amide bonds. The summed E-state index contributed by atoms with van der Waals surface area (Å²) in [4.78, 5) is 12.5. The van der Waals surface area contributed by atoms with Crippen molar-refractivity contribution in [3.8, 4) is 0 Å². The van der Waals surface area contributed by atoms with Gasteiger partial charge in [0.05, 0.1) is 18.8 Å².